The second-order valence-electron chi connectivity index (χ2n) is 6.76. The van der Waals surface area contributed by atoms with Gasteiger partial charge in [0.1, 0.15) is 32.4 Å². The number of nitrogens with one attached hydrogen (secondary N) is 2. The third kappa shape index (κ3) is 3.72. The number of fused-ring (bicyclic) bond motifs is 1. The van der Waals surface area contributed by atoms with Crippen LogP contribution in [0.5, 0.6) is 0 Å². The van der Waals surface area contributed by atoms with E-state index in [0.717, 1.165) is 25.4 Å². The molecule has 4 rings (SSSR count). The molecule has 0 amide bonds. The van der Waals surface area contributed by atoms with E-state index in [9.17, 15) is 18.0 Å². The van der Waals surface area contributed by atoms with Crippen molar-refractivity contribution in [3.05, 3.63) is 57.7 Å². The van der Waals surface area contributed by atoms with Gasteiger partial charge in [-0.15, -0.1) is 0 Å². The number of quaternary nitrogens is 1. The van der Waals surface area contributed by atoms with Gasteiger partial charge in [0.2, 0.25) is 0 Å². The minimum absolute atomic E-state index is 0.428. The Hall–Kier alpha value is -2.52. The predicted molar refractivity (Wildman–Crippen MR) is 96.4 cm³/mol. The minimum Gasteiger partial charge on any atom is -0.408 e. The van der Waals surface area contributed by atoms with Crippen molar-refractivity contribution in [3.8, 4) is 0 Å². The zero-order valence-electron chi connectivity index (χ0n) is 14.7. The molecule has 0 unspecified atom stereocenters. The number of piperazine rings is 1. The van der Waals surface area contributed by atoms with E-state index in [2.05, 4.69) is 4.98 Å². The first kappa shape index (κ1) is 18.8. The molecule has 6 nitrogen and oxygen atoms in total. The average molecular weight is 415 g/mol. The highest BCUT2D eigenvalue weighted by molar-refractivity contribution is 6.31. The molecule has 0 spiro atoms. The molecule has 0 bridgehead atoms. The van der Waals surface area contributed by atoms with Crippen molar-refractivity contribution in [2.24, 2.45) is 0 Å². The number of alkyl halides is 3. The molecule has 2 aromatic heterocycles. The van der Waals surface area contributed by atoms with E-state index in [1.807, 2.05) is 4.90 Å². The van der Waals surface area contributed by atoms with Crippen molar-refractivity contribution in [1.29, 1.82) is 0 Å². The maximum Gasteiger partial charge on any atom is 0.424 e. The molecular formula is C18H18ClF3N4O2+2. The maximum atomic E-state index is 12.7. The first-order chi connectivity index (χ1) is 13.3. The monoisotopic (exact) mass is 414 g/mol. The summed E-state index contributed by atoms with van der Waals surface area (Å²) in [6.45, 7) is 3.25. The molecule has 0 radical (unpaired) electrons. The van der Waals surface area contributed by atoms with Gasteiger partial charge in [0.25, 0.3) is 5.82 Å². The lowest BCUT2D eigenvalue weighted by molar-refractivity contribution is -0.923. The highest BCUT2D eigenvalue weighted by Gasteiger charge is 2.33. The summed E-state index contributed by atoms with van der Waals surface area (Å²) in [6, 6.07) is 7.61. The number of oxazole rings is 1. The fourth-order valence-corrected chi connectivity index (χ4v) is 3.59. The standard InChI is InChI=1S/C18H16ClF3N4O2/c19-13-2-3-14-15(9-13)28-17(27)26(14)11-24-5-7-25(8-6-24)16-4-1-12(10-23-16)18(20,21)22/h1-4,9-10H,5-8,11H2/p+2. The van der Waals surface area contributed by atoms with Crippen molar-refractivity contribution in [2.75, 3.05) is 31.1 Å². The molecule has 3 heterocycles. The molecular weight excluding hydrogens is 397 g/mol. The summed E-state index contributed by atoms with van der Waals surface area (Å²) >= 11 is 5.93. The van der Waals surface area contributed by atoms with Crippen LogP contribution >= 0.6 is 11.6 Å². The Morgan fingerprint density at radius 1 is 1.18 bits per heavy atom. The van der Waals surface area contributed by atoms with Crippen LogP contribution in [-0.2, 0) is 12.8 Å². The molecule has 148 valence electrons. The maximum absolute atomic E-state index is 12.7. The Bertz CT molecular complexity index is 1040. The molecule has 1 aromatic carbocycles. The van der Waals surface area contributed by atoms with Crippen molar-refractivity contribution < 1.29 is 27.5 Å². The molecule has 0 aliphatic carbocycles. The van der Waals surface area contributed by atoms with Crippen molar-refractivity contribution in [1.82, 2.24) is 4.57 Å². The fourth-order valence-electron chi connectivity index (χ4n) is 3.43. The minimum atomic E-state index is -4.36. The Kier molecular flexibility index (Phi) is 4.80. The predicted octanol–water partition coefficient (Wildman–Crippen LogP) is 1.44. The number of nitrogens with zero attached hydrogens (tertiary/aromatic N) is 2. The number of anilines is 1. The SMILES string of the molecule is O=c1oc2cc(Cl)ccc2n1C[NH+]1CCN(c2ccc(C(F)(F)F)c[nH+]2)CC1. The van der Waals surface area contributed by atoms with Crippen LogP contribution in [0.3, 0.4) is 0 Å². The fraction of sp³-hybridized carbons (Fsp3) is 0.333. The molecule has 28 heavy (non-hydrogen) atoms. The van der Waals surface area contributed by atoms with Crippen LogP contribution in [0, 0.1) is 0 Å². The van der Waals surface area contributed by atoms with Crippen molar-refractivity contribution in [2.45, 2.75) is 12.8 Å². The lowest BCUT2D eigenvalue weighted by atomic mass is 10.2. The van der Waals surface area contributed by atoms with Crippen LogP contribution in [0.1, 0.15) is 5.56 Å². The highest BCUT2D eigenvalue weighted by Crippen LogP contribution is 2.28. The first-order valence-corrected chi connectivity index (χ1v) is 9.15. The van der Waals surface area contributed by atoms with Crippen LogP contribution in [0.15, 0.2) is 45.7 Å². The molecule has 1 aliphatic heterocycles. The van der Waals surface area contributed by atoms with E-state index in [-0.39, 0.29) is 0 Å². The molecule has 1 aliphatic rings. The van der Waals surface area contributed by atoms with Gasteiger partial charge in [0.05, 0.1) is 11.1 Å². The van der Waals surface area contributed by atoms with E-state index in [4.69, 9.17) is 16.0 Å². The molecule has 10 heteroatoms. The van der Waals surface area contributed by atoms with Gasteiger partial charge in [-0.3, -0.25) is 4.90 Å². The smallest absolute Gasteiger partial charge is 0.408 e. The molecule has 0 saturated carbocycles. The molecule has 1 saturated heterocycles. The zero-order chi connectivity index (χ0) is 19.9. The van der Waals surface area contributed by atoms with Crippen LogP contribution in [0.25, 0.3) is 11.1 Å². The number of aromatic nitrogens is 2. The number of rotatable bonds is 3. The number of benzene rings is 1. The highest BCUT2D eigenvalue weighted by atomic mass is 35.5. The number of aromatic amines is 1. The number of H-pyrrole nitrogens is 1. The van der Waals surface area contributed by atoms with Crippen LogP contribution < -0.4 is 20.5 Å². The summed E-state index contributed by atoms with van der Waals surface area (Å²) in [5.41, 5.74) is 0.446. The third-order valence-electron chi connectivity index (χ3n) is 4.95. The van der Waals surface area contributed by atoms with E-state index in [1.54, 1.807) is 22.8 Å². The van der Waals surface area contributed by atoms with Gasteiger partial charge in [0.15, 0.2) is 12.3 Å². The first-order valence-electron chi connectivity index (χ1n) is 8.77. The second kappa shape index (κ2) is 7.14. The zero-order valence-corrected chi connectivity index (χ0v) is 15.5. The lowest BCUT2D eigenvalue weighted by Crippen LogP contribution is -3.14. The number of halogens is 4. The lowest BCUT2D eigenvalue weighted by Gasteiger charge is -2.28. The Morgan fingerprint density at radius 2 is 1.93 bits per heavy atom. The summed E-state index contributed by atoms with van der Waals surface area (Å²) in [6.07, 6.45) is -3.38. The molecule has 1 fully saturated rings. The quantitative estimate of drug-likeness (QED) is 0.705. The van der Waals surface area contributed by atoms with Gasteiger partial charge in [0, 0.05) is 17.2 Å². The van der Waals surface area contributed by atoms with E-state index >= 15 is 0 Å². The summed E-state index contributed by atoms with van der Waals surface area (Å²) in [5.74, 6) is 0.218. The second-order valence-corrected chi connectivity index (χ2v) is 7.20. The molecule has 0 atom stereocenters. The van der Waals surface area contributed by atoms with Crippen LogP contribution in [0.4, 0.5) is 19.0 Å². The van der Waals surface area contributed by atoms with Gasteiger partial charge >= 0.3 is 11.9 Å². The summed E-state index contributed by atoms with van der Waals surface area (Å²) in [7, 11) is 0. The number of pyridine rings is 1. The molecule has 2 N–H and O–H groups in total. The average Bonchev–Trinajstić information content (AvgIpc) is 2.96. The van der Waals surface area contributed by atoms with Gasteiger partial charge in [-0.1, -0.05) is 11.6 Å². The summed E-state index contributed by atoms with van der Waals surface area (Å²) in [5, 5.41) is 0.502. The normalized spacial score (nSPS) is 16.1. The third-order valence-corrected chi connectivity index (χ3v) is 5.18. The number of hydrogen-bond donors (Lipinski definition) is 1. The largest absolute Gasteiger partial charge is 0.424 e. The van der Waals surface area contributed by atoms with Crippen molar-refractivity contribution >= 4 is 28.5 Å². The van der Waals surface area contributed by atoms with Crippen LogP contribution in [-0.4, -0.2) is 30.7 Å². The Labute approximate surface area is 162 Å². The number of hydrogen-bond acceptors (Lipinski definition) is 3. The Balaban J connectivity index is 1.42. The van der Waals surface area contributed by atoms with Crippen molar-refractivity contribution in [3.63, 3.8) is 0 Å². The van der Waals surface area contributed by atoms with E-state index < -0.39 is 17.5 Å². The van der Waals surface area contributed by atoms with Crippen LogP contribution in [0.2, 0.25) is 5.02 Å². The summed E-state index contributed by atoms with van der Waals surface area (Å²) < 4.78 is 44.9. The topological polar surface area (TPSA) is 57.0 Å². The van der Waals surface area contributed by atoms with Gasteiger partial charge in [-0.2, -0.15) is 13.2 Å². The Morgan fingerprint density at radius 3 is 2.57 bits per heavy atom. The van der Waals surface area contributed by atoms with Gasteiger partial charge in [-0.05, 0) is 18.2 Å². The van der Waals surface area contributed by atoms with Gasteiger partial charge in [-0.25, -0.2) is 14.3 Å². The summed E-state index contributed by atoms with van der Waals surface area (Å²) in [4.78, 5) is 18.1. The van der Waals surface area contributed by atoms with E-state index in [1.165, 1.54) is 11.0 Å². The van der Waals surface area contributed by atoms with E-state index in [0.29, 0.717) is 41.7 Å². The van der Waals surface area contributed by atoms with Gasteiger partial charge < -0.3 is 9.32 Å². The molecule has 3 aromatic rings.